The molecule has 0 aromatic heterocycles. The summed E-state index contributed by atoms with van der Waals surface area (Å²) in [6.07, 6.45) is -0.0156. The molecule has 2 aromatic carbocycles. The Bertz CT molecular complexity index is 1190. The lowest BCUT2D eigenvalue weighted by Crippen LogP contribution is -2.53. The van der Waals surface area contributed by atoms with Gasteiger partial charge in [-0.25, -0.2) is 22.5 Å². The molecule has 2 aliphatic heterocycles. The van der Waals surface area contributed by atoms with Gasteiger partial charge in [-0.1, -0.05) is 0 Å². The molecule has 0 bridgehead atoms. The number of hydrogen-bond donors (Lipinski definition) is 0. The third-order valence-electron chi connectivity index (χ3n) is 5.92. The van der Waals surface area contributed by atoms with Crippen molar-refractivity contribution < 1.29 is 31.9 Å². The van der Waals surface area contributed by atoms with Gasteiger partial charge in [0.2, 0.25) is 15.9 Å². The Morgan fingerprint density at radius 3 is 2.21 bits per heavy atom. The van der Waals surface area contributed by atoms with Crippen LogP contribution >= 0.6 is 0 Å². The largest absolute Gasteiger partial charge is 0.462 e. The van der Waals surface area contributed by atoms with E-state index in [1.807, 2.05) is 0 Å². The van der Waals surface area contributed by atoms with E-state index in [0.29, 0.717) is 5.69 Å². The Morgan fingerprint density at radius 2 is 1.62 bits per heavy atom. The van der Waals surface area contributed by atoms with Crippen LogP contribution in [0, 0.1) is 5.82 Å². The van der Waals surface area contributed by atoms with Gasteiger partial charge in [0.15, 0.2) is 0 Å². The van der Waals surface area contributed by atoms with Gasteiger partial charge in [0, 0.05) is 26.2 Å². The van der Waals surface area contributed by atoms with E-state index >= 15 is 0 Å². The molecule has 11 heteroatoms. The molecule has 2 amide bonds. The molecule has 9 nitrogen and oxygen atoms in total. The molecule has 2 fully saturated rings. The highest BCUT2D eigenvalue weighted by Crippen LogP contribution is 2.27. The Hall–Kier alpha value is -3.15. The van der Waals surface area contributed by atoms with E-state index < -0.39 is 33.8 Å². The Morgan fingerprint density at radius 1 is 1.00 bits per heavy atom. The summed E-state index contributed by atoms with van der Waals surface area (Å²) in [7, 11) is -3.79. The smallest absolute Gasteiger partial charge is 0.338 e. The summed E-state index contributed by atoms with van der Waals surface area (Å²) in [5.41, 5.74) is 0.576. The number of halogens is 1. The number of carbonyl (C=O) groups excluding carboxylic acids is 3. The molecule has 0 radical (unpaired) electrons. The van der Waals surface area contributed by atoms with Crippen molar-refractivity contribution in [3.63, 3.8) is 0 Å². The number of sulfonamides is 1. The number of anilines is 1. The van der Waals surface area contributed by atoms with Crippen LogP contribution in [-0.2, 0) is 24.3 Å². The Balaban J connectivity index is 1.41. The number of piperazine rings is 1. The first-order valence-electron chi connectivity index (χ1n) is 10.9. The fraction of sp³-hybridized carbons (Fsp3) is 0.348. The van der Waals surface area contributed by atoms with E-state index in [1.165, 1.54) is 52.8 Å². The summed E-state index contributed by atoms with van der Waals surface area (Å²) in [6, 6.07) is 10.0. The van der Waals surface area contributed by atoms with E-state index in [-0.39, 0.29) is 55.6 Å². The average Bonchev–Trinajstić information content (AvgIpc) is 3.13. The molecule has 1 atom stereocenters. The van der Waals surface area contributed by atoms with Crippen molar-refractivity contribution in [3.8, 4) is 0 Å². The third kappa shape index (κ3) is 4.59. The maximum absolute atomic E-state index is 13.2. The second-order valence-corrected chi connectivity index (χ2v) is 9.89. The predicted octanol–water partition coefficient (Wildman–Crippen LogP) is 1.64. The summed E-state index contributed by atoms with van der Waals surface area (Å²) < 4.78 is 45.5. The van der Waals surface area contributed by atoms with Crippen LogP contribution in [-0.4, -0.2) is 74.2 Å². The average molecular weight is 490 g/mol. The fourth-order valence-electron chi connectivity index (χ4n) is 4.14. The minimum Gasteiger partial charge on any atom is -0.462 e. The van der Waals surface area contributed by atoms with Gasteiger partial charge in [-0.2, -0.15) is 4.31 Å². The topological polar surface area (TPSA) is 104 Å². The van der Waals surface area contributed by atoms with Gasteiger partial charge in [-0.05, 0) is 55.5 Å². The number of rotatable bonds is 6. The van der Waals surface area contributed by atoms with Crippen LogP contribution in [0.5, 0.6) is 0 Å². The van der Waals surface area contributed by atoms with Crippen LogP contribution in [0.1, 0.15) is 23.7 Å². The molecule has 34 heavy (non-hydrogen) atoms. The van der Waals surface area contributed by atoms with Crippen molar-refractivity contribution in [1.82, 2.24) is 9.21 Å². The van der Waals surface area contributed by atoms with Crippen molar-refractivity contribution >= 4 is 33.5 Å². The Kier molecular flexibility index (Phi) is 6.78. The van der Waals surface area contributed by atoms with Gasteiger partial charge in [0.25, 0.3) is 5.91 Å². The van der Waals surface area contributed by atoms with E-state index in [9.17, 15) is 27.2 Å². The monoisotopic (exact) mass is 489 g/mol. The highest BCUT2D eigenvalue weighted by atomic mass is 32.2. The molecule has 2 aliphatic rings. The molecule has 0 unspecified atom stereocenters. The second kappa shape index (κ2) is 9.61. The van der Waals surface area contributed by atoms with E-state index in [4.69, 9.17) is 4.74 Å². The van der Waals surface area contributed by atoms with E-state index in [1.54, 1.807) is 11.8 Å². The third-order valence-corrected chi connectivity index (χ3v) is 7.84. The van der Waals surface area contributed by atoms with Gasteiger partial charge in [-0.15, -0.1) is 0 Å². The summed E-state index contributed by atoms with van der Waals surface area (Å²) in [5, 5.41) is 0. The van der Waals surface area contributed by atoms with Gasteiger partial charge in [0.1, 0.15) is 5.82 Å². The number of ether oxygens (including phenoxy) is 1. The molecule has 0 saturated carbocycles. The molecule has 0 aliphatic carbocycles. The predicted molar refractivity (Wildman–Crippen MR) is 120 cm³/mol. The molecular formula is C23H24FN3O6S. The van der Waals surface area contributed by atoms with Crippen molar-refractivity contribution in [2.24, 2.45) is 0 Å². The van der Waals surface area contributed by atoms with Crippen LogP contribution in [0.3, 0.4) is 0 Å². The number of esters is 1. The lowest BCUT2D eigenvalue weighted by molar-refractivity contribution is -0.123. The molecule has 0 N–H and O–H groups in total. The van der Waals surface area contributed by atoms with Crippen LogP contribution in [0.4, 0.5) is 10.1 Å². The maximum atomic E-state index is 13.2. The van der Waals surface area contributed by atoms with Gasteiger partial charge >= 0.3 is 5.97 Å². The van der Waals surface area contributed by atoms with Gasteiger partial charge in [-0.3, -0.25) is 14.5 Å². The number of benzene rings is 2. The minimum absolute atomic E-state index is 0.0156. The molecule has 2 heterocycles. The van der Waals surface area contributed by atoms with Crippen molar-refractivity contribution in [3.05, 3.63) is 59.9 Å². The summed E-state index contributed by atoms with van der Waals surface area (Å²) in [4.78, 5) is 40.1. The zero-order valence-electron chi connectivity index (χ0n) is 18.5. The van der Waals surface area contributed by atoms with Gasteiger partial charge in [0.05, 0.1) is 35.2 Å². The highest BCUT2D eigenvalue weighted by Gasteiger charge is 2.44. The first kappa shape index (κ1) is 24.0. The van der Waals surface area contributed by atoms with Gasteiger partial charge < -0.3 is 4.74 Å². The summed E-state index contributed by atoms with van der Waals surface area (Å²) >= 11 is 0. The number of amides is 2. The number of imide groups is 1. The lowest BCUT2D eigenvalue weighted by Gasteiger charge is -2.36. The molecule has 4 rings (SSSR count). The first-order valence-corrected chi connectivity index (χ1v) is 12.3. The standard InChI is InChI=1S/C23H24FN3O6S/c1-2-33-23(30)16-3-9-19(10-4-16)34(31,32)26-13-11-25(12-14-26)20-15-21(28)27(22(20)29)18-7-5-17(24)6-8-18/h3-10,20H,2,11-15H2,1H3/t20-/m0/s1. The SMILES string of the molecule is CCOC(=O)c1ccc(S(=O)(=O)N2CCN([C@H]3CC(=O)N(c4ccc(F)cc4)C3=O)CC2)cc1. The van der Waals surface area contributed by atoms with Crippen LogP contribution < -0.4 is 4.90 Å². The lowest BCUT2D eigenvalue weighted by atomic mass is 10.2. The first-order chi connectivity index (χ1) is 16.2. The minimum atomic E-state index is -3.79. The zero-order chi connectivity index (χ0) is 24.5. The molecule has 2 saturated heterocycles. The van der Waals surface area contributed by atoms with Crippen molar-refractivity contribution in [2.45, 2.75) is 24.3 Å². The van der Waals surface area contributed by atoms with E-state index in [0.717, 1.165) is 4.90 Å². The van der Waals surface area contributed by atoms with Crippen LogP contribution in [0.25, 0.3) is 0 Å². The van der Waals surface area contributed by atoms with Crippen LogP contribution in [0.15, 0.2) is 53.4 Å². The quantitative estimate of drug-likeness (QED) is 0.449. The molecule has 2 aromatic rings. The highest BCUT2D eigenvalue weighted by molar-refractivity contribution is 7.89. The zero-order valence-corrected chi connectivity index (χ0v) is 19.3. The number of carbonyl (C=O) groups is 3. The summed E-state index contributed by atoms with van der Waals surface area (Å²) in [5.74, 6) is -1.77. The number of nitrogens with zero attached hydrogens (tertiary/aromatic N) is 3. The fourth-order valence-corrected chi connectivity index (χ4v) is 5.57. The van der Waals surface area contributed by atoms with Crippen molar-refractivity contribution in [1.29, 1.82) is 0 Å². The Labute approximate surface area is 196 Å². The van der Waals surface area contributed by atoms with Crippen molar-refractivity contribution in [2.75, 3.05) is 37.7 Å². The normalized spacial score (nSPS) is 20.1. The second-order valence-electron chi connectivity index (χ2n) is 7.95. The maximum Gasteiger partial charge on any atom is 0.338 e. The number of hydrogen-bond acceptors (Lipinski definition) is 7. The molecule has 0 spiro atoms. The van der Waals surface area contributed by atoms with Crippen LogP contribution in [0.2, 0.25) is 0 Å². The summed E-state index contributed by atoms with van der Waals surface area (Å²) in [6.45, 7) is 2.76. The molecule has 180 valence electrons. The molecular weight excluding hydrogens is 465 g/mol. The van der Waals surface area contributed by atoms with E-state index in [2.05, 4.69) is 0 Å².